The quantitative estimate of drug-likeness (QED) is 0.202. The van der Waals surface area contributed by atoms with Gasteiger partial charge in [-0.25, -0.2) is 11.4 Å². The van der Waals surface area contributed by atoms with Crippen molar-refractivity contribution in [2.24, 2.45) is 22.1 Å². The van der Waals surface area contributed by atoms with Crippen molar-refractivity contribution in [1.29, 1.82) is 0 Å². The third-order valence-corrected chi connectivity index (χ3v) is 3.84. The molecule has 0 atom stereocenters. The van der Waals surface area contributed by atoms with Gasteiger partial charge in [-0.2, -0.15) is 0 Å². The number of hydrogen-bond donors (Lipinski definition) is 3. The van der Waals surface area contributed by atoms with E-state index in [9.17, 15) is 4.39 Å². The molecule has 0 amide bonds. The fourth-order valence-electron chi connectivity index (χ4n) is 2.93. The summed E-state index contributed by atoms with van der Waals surface area (Å²) in [5.41, 5.74) is 11.2. The van der Waals surface area contributed by atoms with Crippen LogP contribution in [0.25, 0.3) is 5.32 Å². The number of rotatable bonds is 4. The molecule has 0 aromatic carbocycles. The van der Waals surface area contributed by atoms with Gasteiger partial charge in [-0.1, -0.05) is 99.6 Å². The maximum absolute atomic E-state index is 9.50. The molecule has 1 heterocycles. The Labute approximate surface area is 229 Å². The molecule has 0 unspecified atom stereocenters. The Morgan fingerprint density at radius 1 is 1.03 bits per heavy atom. The van der Waals surface area contributed by atoms with Crippen molar-refractivity contribution in [3.05, 3.63) is 53.4 Å². The molecule has 1 aliphatic carbocycles. The maximum atomic E-state index is 9.50. The minimum absolute atomic E-state index is 0. The fourth-order valence-corrected chi connectivity index (χ4v) is 2.93. The van der Waals surface area contributed by atoms with Gasteiger partial charge in [0.1, 0.15) is 0 Å². The van der Waals surface area contributed by atoms with Crippen molar-refractivity contribution < 1.29 is 55.8 Å². The van der Waals surface area contributed by atoms with Gasteiger partial charge >= 0.3 is 51.4 Å². The largest absolute Gasteiger partial charge is 1.00 e. The van der Waals surface area contributed by atoms with Crippen LogP contribution in [0.4, 0.5) is 4.39 Å². The van der Waals surface area contributed by atoms with E-state index >= 15 is 0 Å². The summed E-state index contributed by atoms with van der Waals surface area (Å²) in [5, 5.41) is 8.28. The summed E-state index contributed by atoms with van der Waals surface area (Å²) in [6.45, 7) is 25.5. The predicted molar refractivity (Wildman–Crippen MR) is 132 cm³/mol. The number of hydrazine groups is 1. The normalized spacial score (nSPS) is 15.2. The summed E-state index contributed by atoms with van der Waals surface area (Å²) < 4.78 is 9.50. The van der Waals surface area contributed by atoms with Gasteiger partial charge in [0.2, 0.25) is 0 Å². The molecule has 172 valence electrons. The van der Waals surface area contributed by atoms with E-state index in [4.69, 9.17) is 11.6 Å². The predicted octanol–water partition coefficient (Wildman–Crippen LogP) is 3.18. The number of hydrogen-bond acceptors (Lipinski definition) is 3. The summed E-state index contributed by atoms with van der Waals surface area (Å²) in [7, 11) is 0.500. The van der Waals surface area contributed by atoms with Gasteiger partial charge in [-0.3, -0.25) is 4.39 Å². The molecule has 1 saturated heterocycles. The Hall–Kier alpha value is -0.284. The van der Waals surface area contributed by atoms with Crippen LogP contribution in [0.1, 0.15) is 68.2 Å². The van der Waals surface area contributed by atoms with Crippen LogP contribution in [-0.4, -0.2) is 26.1 Å². The standard InChI is InChI=1S/C14H20N5.4C2H6.CH3F.K/c1-3-10-11(13(15)18-19-16)9-14(12(10)4-2)5-7-17-8-6-14;5*1-2;/h3-4,9,19H,1-2,5-8,16H2,(H2,15,18);4*1-2H3;1H3;/q-1;;;;;;+1. The zero-order valence-electron chi connectivity index (χ0n) is 21.4. The smallest absolute Gasteiger partial charge is 0.662 e. The van der Waals surface area contributed by atoms with E-state index in [2.05, 4.69) is 35.2 Å². The Kier molecular flexibility index (Phi) is 38.4. The molecular weight excluding hydrogens is 404 g/mol. The number of piperidine rings is 1. The third kappa shape index (κ3) is 12.5. The van der Waals surface area contributed by atoms with Crippen LogP contribution in [0.15, 0.2) is 53.2 Å². The molecule has 5 N–H and O–H groups in total. The Bertz CT molecular complexity index is 494. The molecule has 2 aliphatic rings. The number of alkyl halides is 1. The van der Waals surface area contributed by atoms with Crippen molar-refractivity contribution in [2.75, 3.05) is 20.3 Å². The van der Waals surface area contributed by atoms with Crippen LogP contribution >= 0.6 is 0 Å². The van der Waals surface area contributed by atoms with Crippen molar-refractivity contribution in [2.45, 2.75) is 68.2 Å². The van der Waals surface area contributed by atoms with Crippen molar-refractivity contribution >= 4 is 5.84 Å². The molecule has 0 bridgehead atoms. The molecule has 1 fully saturated rings. The number of allylic oxidation sites excluding steroid dienone is 4. The maximum Gasteiger partial charge on any atom is 1.00 e. The first-order chi connectivity index (χ1) is 14.2. The molecule has 1 aliphatic heterocycles. The van der Waals surface area contributed by atoms with Crippen LogP contribution in [0.5, 0.6) is 0 Å². The average molecular weight is 452 g/mol. The zero-order valence-corrected chi connectivity index (χ0v) is 24.5. The van der Waals surface area contributed by atoms with Crippen molar-refractivity contribution in [3.8, 4) is 0 Å². The average Bonchev–Trinajstić information content (AvgIpc) is 3.13. The summed E-state index contributed by atoms with van der Waals surface area (Å²) in [5.74, 6) is 5.57. The minimum atomic E-state index is -0.0307. The van der Waals surface area contributed by atoms with Crippen LogP contribution in [0, 0.1) is 5.41 Å². The second-order valence-corrected chi connectivity index (χ2v) is 4.75. The number of hydrazone groups is 1. The van der Waals surface area contributed by atoms with Gasteiger partial charge in [-0.15, -0.1) is 18.2 Å². The Balaban J connectivity index is -0.000000166. The molecule has 1 spiro atoms. The SMILES string of the molecule is C=CC1=C(C=C)C2(C=C1/C(N)=N/NN)CC[N-]CC2.CC.CC.CC.CC.CF.[K+]. The minimum Gasteiger partial charge on any atom is -0.662 e. The topological polar surface area (TPSA) is 90.5 Å². The molecule has 0 radical (unpaired) electrons. The van der Waals surface area contributed by atoms with Gasteiger partial charge in [0.05, 0.1) is 7.18 Å². The number of nitrogens with zero attached hydrogens (tertiary/aromatic N) is 2. The van der Waals surface area contributed by atoms with Crippen molar-refractivity contribution in [3.63, 3.8) is 0 Å². The molecule has 0 aromatic rings. The van der Waals surface area contributed by atoms with Gasteiger partial charge in [0, 0.05) is 11.0 Å². The van der Waals surface area contributed by atoms with Crippen LogP contribution in [0.3, 0.4) is 0 Å². The summed E-state index contributed by atoms with van der Waals surface area (Å²) >= 11 is 0. The number of nitrogens with one attached hydrogen (secondary N) is 1. The molecule has 2 rings (SSSR count). The van der Waals surface area contributed by atoms with E-state index in [-0.39, 0.29) is 56.8 Å². The van der Waals surface area contributed by atoms with Crippen LogP contribution in [0.2, 0.25) is 0 Å². The van der Waals surface area contributed by atoms with Gasteiger partial charge < -0.3 is 11.1 Å². The molecule has 5 nitrogen and oxygen atoms in total. The number of nitrogens with two attached hydrogens (primary N) is 2. The van der Waals surface area contributed by atoms with E-state index in [0.717, 1.165) is 37.1 Å². The van der Waals surface area contributed by atoms with E-state index < -0.39 is 0 Å². The Morgan fingerprint density at radius 3 is 1.80 bits per heavy atom. The number of amidine groups is 1. The van der Waals surface area contributed by atoms with Gasteiger partial charge in [-0.05, 0) is 11.1 Å². The number of halogens is 1. The molecular formula is C23H47FKN5. The first-order valence-electron chi connectivity index (χ1n) is 10.7. The second-order valence-electron chi connectivity index (χ2n) is 4.75. The van der Waals surface area contributed by atoms with Gasteiger partial charge in [0.25, 0.3) is 0 Å². The molecule has 7 heteroatoms. The zero-order chi connectivity index (χ0) is 23.9. The van der Waals surface area contributed by atoms with E-state index in [0.29, 0.717) is 13.0 Å². The molecule has 30 heavy (non-hydrogen) atoms. The summed E-state index contributed by atoms with van der Waals surface area (Å²) in [6, 6.07) is 0. The van der Waals surface area contributed by atoms with E-state index in [1.54, 1.807) is 0 Å². The third-order valence-electron chi connectivity index (χ3n) is 3.84. The van der Waals surface area contributed by atoms with E-state index in [1.807, 2.05) is 67.5 Å². The van der Waals surface area contributed by atoms with Crippen LogP contribution in [-0.2, 0) is 0 Å². The van der Waals surface area contributed by atoms with E-state index in [1.165, 1.54) is 5.57 Å². The van der Waals surface area contributed by atoms with Gasteiger partial charge in [0.15, 0.2) is 5.84 Å². The second kappa shape index (κ2) is 28.7. The first kappa shape index (κ1) is 40.1. The van der Waals surface area contributed by atoms with Crippen molar-refractivity contribution in [1.82, 2.24) is 5.53 Å². The first-order valence-corrected chi connectivity index (χ1v) is 10.7. The Morgan fingerprint density at radius 2 is 1.47 bits per heavy atom. The van der Waals surface area contributed by atoms with Crippen LogP contribution < -0.4 is 68.5 Å². The summed E-state index contributed by atoms with van der Waals surface area (Å²) in [4.78, 5) is 0. The fraction of sp³-hybridized carbons (Fsp3) is 0.609. The monoisotopic (exact) mass is 451 g/mol. The summed E-state index contributed by atoms with van der Waals surface area (Å²) in [6.07, 6.45) is 7.82. The molecule has 0 saturated carbocycles. The molecule has 0 aromatic heterocycles.